The molecule has 0 aliphatic carbocycles. The summed E-state index contributed by atoms with van der Waals surface area (Å²) in [4.78, 5) is 3.68. The van der Waals surface area contributed by atoms with E-state index in [0.29, 0.717) is 6.54 Å². The van der Waals surface area contributed by atoms with E-state index >= 15 is 0 Å². The summed E-state index contributed by atoms with van der Waals surface area (Å²) in [7, 11) is -3.60. The first-order valence-electron chi connectivity index (χ1n) is 6.36. The van der Waals surface area contributed by atoms with Crippen LogP contribution in [0.15, 0.2) is 37.7 Å². The number of nitrogens with zero attached hydrogens (tertiary/aromatic N) is 2. The normalized spacial score (nSPS) is 18.9. The van der Waals surface area contributed by atoms with Crippen LogP contribution >= 0.6 is 0 Å². The molecule has 1 rings (SSSR count). The van der Waals surface area contributed by atoms with E-state index in [2.05, 4.69) is 20.1 Å². The molecular formula is C13H22N2O3S. The molecule has 0 N–H and O–H groups in total. The smallest absolute Gasteiger partial charge is 0.274 e. The molecule has 1 heterocycles. The SMILES string of the molecule is C=CCN1C=CN(CCCC)C1OS(=O)(=O)CC=C. The van der Waals surface area contributed by atoms with Crippen LogP contribution in [0, 0.1) is 0 Å². The third kappa shape index (κ3) is 4.72. The lowest BCUT2D eigenvalue weighted by atomic mass is 10.3. The largest absolute Gasteiger partial charge is 0.333 e. The Morgan fingerprint density at radius 3 is 2.53 bits per heavy atom. The van der Waals surface area contributed by atoms with Gasteiger partial charge in [-0.3, -0.25) is 0 Å². The highest BCUT2D eigenvalue weighted by atomic mass is 32.2. The maximum atomic E-state index is 11.8. The van der Waals surface area contributed by atoms with E-state index in [0.717, 1.165) is 19.4 Å². The zero-order valence-electron chi connectivity index (χ0n) is 11.4. The van der Waals surface area contributed by atoms with Gasteiger partial charge in [0.2, 0.25) is 6.35 Å². The minimum absolute atomic E-state index is 0.187. The van der Waals surface area contributed by atoms with Crippen molar-refractivity contribution in [3.8, 4) is 0 Å². The third-order valence-corrected chi connectivity index (χ3v) is 3.79. The van der Waals surface area contributed by atoms with Crippen LogP contribution in [0.1, 0.15) is 19.8 Å². The summed E-state index contributed by atoms with van der Waals surface area (Å²) in [6, 6.07) is 0. The van der Waals surface area contributed by atoms with Gasteiger partial charge in [-0.1, -0.05) is 25.5 Å². The van der Waals surface area contributed by atoms with Gasteiger partial charge in [0.1, 0.15) is 0 Å². The number of unbranched alkanes of at least 4 members (excludes halogenated alkanes) is 1. The molecule has 1 aliphatic heterocycles. The van der Waals surface area contributed by atoms with Crippen LogP contribution in [0.2, 0.25) is 0 Å². The highest BCUT2D eigenvalue weighted by molar-refractivity contribution is 7.86. The number of hydrogen-bond acceptors (Lipinski definition) is 5. The van der Waals surface area contributed by atoms with Crippen molar-refractivity contribution >= 4 is 10.1 Å². The maximum absolute atomic E-state index is 11.8. The van der Waals surface area contributed by atoms with E-state index in [1.54, 1.807) is 11.0 Å². The van der Waals surface area contributed by atoms with Gasteiger partial charge in [0.05, 0.1) is 5.75 Å². The lowest BCUT2D eigenvalue weighted by molar-refractivity contribution is -0.0155. The van der Waals surface area contributed by atoms with Gasteiger partial charge >= 0.3 is 0 Å². The van der Waals surface area contributed by atoms with Gasteiger partial charge in [-0.2, -0.15) is 8.42 Å². The Hall–Kier alpha value is -1.27. The topological polar surface area (TPSA) is 49.9 Å². The number of hydrogen-bond donors (Lipinski definition) is 0. The van der Waals surface area contributed by atoms with Crippen LogP contribution < -0.4 is 0 Å². The van der Waals surface area contributed by atoms with Gasteiger partial charge in [0.15, 0.2) is 0 Å². The van der Waals surface area contributed by atoms with E-state index in [9.17, 15) is 8.42 Å². The van der Waals surface area contributed by atoms with Gasteiger partial charge in [-0.25, -0.2) is 4.18 Å². The van der Waals surface area contributed by atoms with Gasteiger partial charge in [0, 0.05) is 25.5 Å². The Bertz CT molecular complexity index is 431. The Morgan fingerprint density at radius 2 is 1.95 bits per heavy atom. The quantitative estimate of drug-likeness (QED) is 0.478. The van der Waals surface area contributed by atoms with Gasteiger partial charge < -0.3 is 9.80 Å². The molecular weight excluding hydrogens is 264 g/mol. The standard InChI is InChI=1S/C13H22N2O3S/c1-4-7-9-15-11-10-14(8-5-2)13(15)18-19(16,17)12-6-3/h5-6,10-11,13H,2-4,7-9,12H2,1H3. The Morgan fingerprint density at radius 1 is 1.26 bits per heavy atom. The molecule has 1 unspecified atom stereocenters. The molecule has 0 aromatic rings. The highest BCUT2D eigenvalue weighted by Gasteiger charge is 2.30. The molecule has 0 aromatic carbocycles. The predicted octanol–water partition coefficient (Wildman–Crippen LogP) is 1.88. The second-order valence-electron chi connectivity index (χ2n) is 4.31. The van der Waals surface area contributed by atoms with Crippen LogP contribution in [0.25, 0.3) is 0 Å². The van der Waals surface area contributed by atoms with E-state index in [1.807, 2.05) is 17.3 Å². The fourth-order valence-corrected chi connectivity index (χ4v) is 2.61. The third-order valence-electron chi connectivity index (χ3n) is 2.68. The molecule has 0 saturated heterocycles. The van der Waals surface area contributed by atoms with Crippen LogP contribution in [0.4, 0.5) is 0 Å². The molecule has 6 heteroatoms. The predicted molar refractivity (Wildman–Crippen MR) is 76.5 cm³/mol. The first-order chi connectivity index (χ1) is 9.04. The molecule has 0 radical (unpaired) electrons. The Labute approximate surface area is 116 Å². The minimum atomic E-state index is -3.60. The average molecular weight is 286 g/mol. The summed E-state index contributed by atoms with van der Waals surface area (Å²) < 4.78 is 28.8. The second-order valence-corrected chi connectivity index (χ2v) is 5.95. The maximum Gasteiger partial charge on any atom is 0.274 e. The van der Waals surface area contributed by atoms with Gasteiger partial charge in [0.25, 0.3) is 10.1 Å². The van der Waals surface area contributed by atoms with Gasteiger partial charge in [-0.15, -0.1) is 13.2 Å². The molecule has 0 saturated carbocycles. The zero-order chi connectivity index (χ0) is 14.3. The molecule has 0 spiro atoms. The molecule has 19 heavy (non-hydrogen) atoms. The van der Waals surface area contributed by atoms with Crippen molar-refractivity contribution < 1.29 is 12.6 Å². The molecule has 0 bridgehead atoms. The first kappa shape index (κ1) is 15.8. The molecule has 5 nitrogen and oxygen atoms in total. The summed E-state index contributed by atoms with van der Waals surface area (Å²) >= 11 is 0. The van der Waals surface area contributed by atoms with E-state index < -0.39 is 16.5 Å². The molecule has 0 amide bonds. The molecule has 0 fully saturated rings. The summed E-state index contributed by atoms with van der Waals surface area (Å²) in [5, 5.41) is 0. The lowest BCUT2D eigenvalue weighted by Gasteiger charge is -2.30. The lowest BCUT2D eigenvalue weighted by Crippen LogP contribution is -2.43. The Balaban J connectivity index is 2.76. The van der Waals surface area contributed by atoms with E-state index in [-0.39, 0.29) is 5.75 Å². The van der Waals surface area contributed by atoms with Crippen molar-refractivity contribution in [3.05, 3.63) is 37.7 Å². The molecule has 1 atom stereocenters. The van der Waals surface area contributed by atoms with Crippen molar-refractivity contribution in [1.82, 2.24) is 9.80 Å². The van der Waals surface area contributed by atoms with E-state index in [4.69, 9.17) is 4.18 Å². The monoisotopic (exact) mass is 286 g/mol. The fraction of sp³-hybridized carbons (Fsp3) is 0.538. The fourth-order valence-electron chi connectivity index (χ4n) is 1.76. The van der Waals surface area contributed by atoms with Crippen LogP contribution in [0.3, 0.4) is 0 Å². The summed E-state index contributed by atoms with van der Waals surface area (Å²) in [6.45, 7) is 10.5. The van der Waals surface area contributed by atoms with Crippen molar-refractivity contribution in [1.29, 1.82) is 0 Å². The van der Waals surface area contributed by atoms with Gasteiger partial charge in [-0.05, 0) is 6.42 Å². The zero-order valence-corrected chi connectivity index (χ0v) is 12.2. The Kier molecular flexibility index (Phi) is 6.11. The average Bonchev–Trinajstić information content (AvgIpc) is 2.69. The second kappa shape index (κ2) is 7.35. The summed E-state index contributed by atoms with van der Waals surface area (Å²) in [5.74, 6) is -0.187. The molecule has 108 valence electrons. The van der Waals surface area contributed by atoms with Crippen molar-refractivity contribution in [3.63, 3.8) is 0 Å². The van der Waals surface area contributed by atoms with Crippen LogP contribution in [-0.4, -0.2) is 43.4 Å². The van der Waals surface area contributed by atoms with Crippen molar-refractivity contribution in [2.75, 3.05) is 18.8 Å². The van der Waals surface area contributed by atoms with Crippen LogP contribution in [0.5, 0.6) is 0 Å². The summed E-state index contributed by atoms with van der Waals surface area (Å²) in [5.41, 5.74) is 0. The van der Waals surface area contributed by atoms with E-state index in [1.165, 1.54) is 6.08 Å². The number of rotatable bonds is 9. The summed E-state index contributed by atoms with van der Waals surface area (Å²) in [6.07, 6.45) is 8.12. The molecule has 1 aliphatic rings. The first-order valence-corrected chi connectivity index (χ1v) is 7.94. The highest BCUT2D eigenvalue weighted by Crippen LogP contribution is 2.20. The molecule has 0 aromatic heterocycles. The minimum Gasteiger partial charge on any atom is -0.333 e. The van der Waals surface area contributed by atoms with Crippen molar-refractivity contribution in [2.45, 2.75) is 26.1 Å². The van der Waals surface area contributed by atoms with Crippen LogP contribution in [-0.2, 0) is 14.3 Å². The van der Waals surface area contributed by atoms with Crippen molar-refractivity contribution in [2.24, 2.45) is 0 Å².